The SMILES string of the molecule is Cc1ccc([C@H](C)NC(=O)COc2ccc(C(C)(C)C)cc2Br)c(C)c1. The quantitative estimate of drug-likeness (QED) is 0.685. The van der Waals surface area contributed by atoms with E-state index in [0.29, 0.717) is 5.75 Å². The molecule has 0 fully saturated rings. The minimum absolute atomic E-state index is 0.0112. The first kappa shape index (κ1) is 20.5. The largest absolute Gasteiger partial charge is 0.483 e. The normalized spacial score (nSPS) is 12.6. The Labute approximate surface area is 165 Å². The molecule has 1 N–H and O–H groups in total. The zero-order valence-corrected chi connectivity index (χ0v) is 18.0. The molecule has 0 aliphatic heterocycles. The van der Waals surface area contributed by atoms with Gasteiger partial charge in [-0.3, -0.25) is 4.79 Å². The van der Waals surface area contributed by atoms with E-state index in [0.717, 1.165) is 10.0 Å². The van der Waals surface area contributed by atoms with Gasteiger partial charge in [0.2, 0.25) is 0 Å². The van der Waals surface area contributed by atoms with Gasteiger partial charge < -0.3 is 10.1 Å². The first-order valence-corrected chi connectivity index (χ1v) is 9.66. The van der Waals surface area contributed by atoms with Crippen LogP contribution in [0.1, 0.15) is 56.0 Å². The van der Waals surface area contributed by atoms with E-state index in [1.54, 1.807) is 0 Å². The van der Waals surface area contributed by atoms with E-state index in [1.807, 2.05) is 25.1 Å². The minimum atomic E-state index is -0.135. The van der Waals surface area contributed by atoms with Gasteiger partial charge in [-0.2, -0.15) is 0 Å². The van der Waals surface area contributed by atoms with Gasteiger partial charge in [-0.25, -0.2) is 0 Å². The summed E-state index contributed by atoms with van der Waals surface area (Å²) in [5.41, 5.74) is 4.81. The minimum Gasteiger partial charge on any atom is -0.483 e. The van der Waals surface area contributed by atoms with Crippen molar-refractivity contribution in [3.63, 3.8) is 0 Å². The van der Waals surface area contributed by atoms with Crippen LogP contribution in [-0.2, 0) is 10.2 Å². The molecule has 2 aromatic carbocycles. The van der Waals surface area contributed by atoms with E-state index in [1.165, 1.54) is 16.7 Å². The summed E-state index contributed by atoms with van der Waals surface area (Å²) < 4.78 is 6.55. The van der Waals surface area contributed by atoms with Crippen molar-refractivity contribution in [2.24, 2.45) is 0 Å². The first-order chi connectivity index (χ1) is 12.1. The number of nitrogens with one attached hydrogen (secondary N) is 1. The lowest BCUT2D eigenvalue weighted by Crippen LogP contribution is -2.31. The number of hydrogen-bond donors (Lipinski definition) is 1. The second-order valence-corrected chi connectivity index (χ2v) is 8.69. The van der Waals surface area contributed by atoms with Crippen LogP contribution in [0.3, 0.4) is 0 Å². The second kappa shape index (κ2) is 8.26. The van der Waals surface area contributed by atoms with Crippen LogP contribution in [0.25, 0.3) is 0 Å². The number of amides is 1. The molecule has 2 rings (SSSR count). The number of halogens is 1. The van der Waals surface area contributed by atoms with Crippen LogP contribution < -0.4 is 10.1 Å². The van der Waals surface area contributed by atoms with Gasteiger partial charge in [0, 0.05) is 0 Å². The molecule has 0 unspecified atom stereocenters. The Morgan fingerprint density at radius 2 is 1.85 bits per heavy atom. The van der Waals surface area contributed by atoms with E-state index in [2.05, 4.69) is 74.1 Å². The van der Waals surface area contributed by atoms with Crippen LogP contribution >= 0.6 is 15.9 Å². The molecule has 0 saturated carbocycles. The molecule has 0 bridgehead atoms. The molecule has 0 spiro atoms. The van der Waals surface area contributed by atoms with Crippen molar-refractivity contribution in [1.29, 1.82) is 0 Å². The molecule has 3 nitrogen and oxygen atoms in total. The molecule has 1 atom stereocenters. The van der Waals surface area contributed by atoms with Gasteiger partial charge in [-0.05, 0) is 70.9 Å². The smallest absolute Gasteiger partial charge is 0.258 e. The fourth-order valence-corrected chi connectivity index (χ4v) is 3.39. The zero-order valence-electron chi connectivity index (χ0n) is 16.4. The molecular weight excluding hydrogens is 390 g/mol. The molecule has 0 radical (unpaired) electrons. The predicted molar refractivity (Wildman–Crippen MR) is 111 cm³/mol. The average molecular weight is 418 g/mol. The van der Waals surface area contributed by atoms with Crippen LogP contribution in [0.2, 0.25) is 0 Å². The number of carbonyl (C=O) groups excluding carboxylic acids is 1. The summed E-state index contributed by atoms with van der Waals surface area (Å²) in [6.45, 7) is 12.6. The molecule has 2 aromatic rings. The third-order valence-corrected chi connectivity index (χ3v) is 5.05. The van der Waals surface area contributed by atoms with Gasteiger partial charge in [0.1, 0.15) is 5.75 Å². The van der Waals surface area contributed by atoms with Crippen LogP contribution in [0, 0.1) is 13.8 Å². The molecule has 0 heterocycles. The molecular formula is C22H28BrNO2. The molecule has 4 heteroatoms. The van der Waals surface area contributed by atoms with E-state index in [4.69, 9.17) is 4.74 Å². The van der Waals surface area contributed by atoms with Crippen LogP contribution in [0.4, 0.5) is 0 Å². The van der Waals surface area contributed by atoms with Gasteiger partial charge >= 0.3 is 0 Å². The van der Waals surface area contributed by atoms with Gasteiger partial charge in [-0.1, -0.05) is 50.6 Å². The molecule has 26 heavy (non-hydrogen) atoms. The van der Waals surface area contributed by atoms with Crippen LogP contribution in [0.5, 0.6) is 5.75 Å². The van der Waals surface area contributed by atoms with E-state index in [9.17, 15) is 4.79 Å². The topological polar surface area (TPSA) is 38.3 Å². The Kier molecular flexibility index (Phi) is 6.51. The average Bonchev–Trinajstić information content (AvgIpc) is 2.52. The van der Waals surface area contributed by atoms with Crippen LogP contribution in [-0.4, -0.2) is 12.5 Å². The zero-order chi connectivity index (χ0) is 19.5. The number of hydrogen-bond acceptors (Lipinski definition) is 2. The third-order valence-electron chi connectivity index (χ3n) is 4.43. The lowest BCUT2D eigenvalue weighted by molar-refractivity contribution is -0.123. The first-order valence-electron chi connectivity index (χ1n) is 8.87. The Morgan fingerprint density at radius 1 is 1.15 bits per heavy atom. The van der Waals surface area contributed by atoms with Crippen molar-refractivity contribution in [1.82, 2.24) is 5.32 Å². The highest BCUT2D eigenvalue weighted by molar-refractivity contribution is 9.10. The predicted octanol–water partition coefficient (Wildman–Crippen LogP) is 5.62. The maximum absolute atomic E-state index is 12.3. The van der Waals surface area contributed by atoms with Gasteiger partial charge in [0.05, 0.1) is 10.5 Å². The fourth-order valence-electron chi connectivity index (χ4n) is 2.90. The number of ether oxygens (including phenoxy) is 1. The van der Waals surface area contributed by atoms with Crippen molar-refractivity contribution in [3.05, 3.63) is 63.1 Å². The number of benzene rings is 2. The highest BCUT2D eigenvalue weighted by Crippen LogP contribution is 2.31. The maximum Gasteiger partial charge on any atom is 0.258 e. The molecule has 0 aromatic heterocycles. The number of rotatable bonds is 5. The fraction of sp³-hybridized carbons (Fsp3) is 0.409. The highest BCUT2D eigenvalue weighted by atomic mass is 79.9. The van der Waals surface area contributed by atoms with Crippen LogP contribution in [0.15, 0.2) is 40.9 Å². The lowest BCUT2D eigenvalue weighted by atomic mass is 9.87. The Balaban J connectivity index is 1.96. The summed E-state index contributed by atoms with van der Waals surface area (Å²) in [7, 11) is 0. The summed E-state index contributed by atoms with van der Waals surface area (Å²) in [4.78, 5) is 12.3. The summed E-state index contributed by atoms with van der Waals surface area (Å²) >= 11 is 3.54. The van der Waals surface area contributed by atoms with E-state index >= 15 is 0 Å². The standard InChI is InChI=1S/C22H28BrNO2/c1-14-7-9-18(15(2)11-14)16(3)24-21(25)13-26-20-10-8-17(12-19(20)23)22(4,5)6/h7-12,16H,13H2,1-6H3,(H,24,25)/t16-/m0/s1. The summed E-state index contributed by atoms with van der Waals surface area (Å²) in [5.74, 6) is 0.539. The van der Waals surface area contributed by atoms with Crippen molar-refractivity contribution in [2.45, 2.75) is 53.0 Å². The Hall–Kier alpha value is -1.81. The van der Waals surface area contributed by atoms with Gasteiger partial charge in [0.15, 0.2) is 6.61 Å². The maximum atomic E-state index is 12.3. The van der Waals surface area contributed by atoms with Gasteiger partial charge in [-0.15, -0.1) is 0 Å². The van der Waals surface area contributed by atoms with Gasteiger partial charge in [0.25, 0.3) is 5.91 Å². The van der Waals surface area contributed by atoms with Crippen molar-refractivity contribution < 1.29 is 9.53 Å². The van der Waals surface area contributed by atoms with E-state index < -0.39 is 0 Å². The molecule has 1 amide bonds. The molecule has 140 valence electrons. The Morgan fingerprint density at radius 3 is 2.42 bits per heavy atom. The monoisotopic (exact) mass is 417 g/mol. The highest BCUT2D eigenvalue weighted by Gasteiger charge is 2.16. The second-order valence-electron chi connectivity index (χ2n) is 7.83. The summed E-state index contributed by atoms with van der Waals surface area (Å²) in [6.07, 6.45) is 0. The lowest BCUT2D eigenvalue weighted by Gasteiger charge is -2.20. The van der Waals surface area contributed by atoms with E-state index in [-0.39, 0.29) is 24.0 Å². The Bertz CT molecular complexity index is 793. The molecule has 0 aliphatic carbocycles. The summed E-state index contributed by atoms with van der Waals surface area (Å²) in [5, 5.41) is 3.00. The van der Waals surface area contributed by atoms with Crippen molar-refractivity contribution in [3.8, 4) is 5.75 Å². The number of aryl methyl sites for hydroxylation is 2. The van der Waals surface area contributed by atoms with Crippen molar-refractivity contribution >= 4 is 21.8 Å². The summed E-state index contributed by atoms with van der Waals surface area (Å²) in [6, 6.07) is 12.2. The molecule has 0 aliphatic rings. The molecule has 0 saturated heterocycles. The third kappa shape index (κ3) is 5.34. The number of carbonyl (C=O) groups is 1. The van der Waals surface area contributed by atoms with Crippen molar-refractivity contribution in [2.75, 3.05) is 6.61 Å².